The van der Waals surface area contributed by atoms with E-state index in [0.29, 0.717) is 0 Å². The molecule has 0 saturated carbocycles. The monoisotopic (exact) mass is 1250 g/mol. The predicted octanol–water partition coefficient (Wildman–Crippen LogP) is -14.2. The molecule has 0 radical (unpaired) electrons. The maximum absolute atomic E-state index is 12.8. The summed E-state index contributed by atoms with van der Waals surface area (Å²) < 4.78 is 70.4. The summed E-state index contributed by atoms with van der Waals surface area (Å²) >= 11 is 0. The van der Waals surface area contributed by atoms with Crippen molar-refractivity contribution in [3.8, 4) is 0 Å². The lowest BCUT2D eigenvalue weighted by atomic mass is 9.94. The molecule has 6 saturated heterocycles. The highest BCUT2D eigenvalue weighted by Crippen LogP contribution is 2.37. The number of aliphatic hydroxyl groups is 19. The van der Waals surface area contributed by atoms with Crippen LogP contribution in [0.15, 0.2) is 0 Å². The number of carbonyl (C=O) groups is 3. The molecule has 6 fully saturated rings. The Morgan fingerprint density at radius 1 is 0.424 bits per heavy atom. The molecule has 0 bridgehead atoms. The zero-order valence-electron chi connectivity index (χ0n) is 46.5. The van der Waals surface area contributed by atoms with Gasteiger partial charge in [-0.3, -0.25) is 14.4 Å². The number of aliphatic hydroxyl groups excluding tert-OH is 19. The summed E-state index contributed by atoms with van der Waals surface area (Å²) in [5.74, 6) is -2.53. The van der Waals surface area contributed by atoms with E-state index in [4.69, 9.17) is 56.8 Å². The van der Waals surface area contributed by atoms with Crippen LogP contribution in [-0.4, -0.2) is 363 Å². The second-order valence-electron chi connectivity index (χ2n) is 21.5. The molecule has 0 aromatic heterocycles. The topological polar surface area (TPSA) is 582 Å². The number of ether oxygens (including phenoxy) is 12. The van der Waals surface area contributed by atoms with Crippen molar-refractivity contribution < 1.29 is 168 Å². The van der Waals surface area contributed by atoms with Gasteiger partial charge in [0, 0.05) is 20.8 Å². The molecular weight excluding hydrogens is 1160 g/mol. The van der Waals surface area contributed by atoms with Gasteiger partial charge in [0.2, 0.25) is 17.7 Å². The third-order valence-electron chi connectivity index (χ3n) is 15.3. The molecule has 37 heteroatoms. The van der Waals surface area contributed by atoms with E-state index in [0.717, 1.165) is 20.8 Å². The Bertz CT molecular complexity index is 2100. The fourth-order valence-electron chi connectivity index (χ4n) is 10.6. The lowest BCUT2D eigenvalue weighted by Crippen LogP contribution is -2.70. The summed E-state index contributed by atoms with van der Waals surface area (Å²) in [5, 5.41) is 214. The van der Waals surface area contributed by atoms with Crippen LogP contribution in [0.3, 0.4) is 0 Å². The summed E-state index contributed by atoms with van der Waals surface area (Å²) in [7, 11) is 0. The maximum atomic E-state index is 12.8. The summed E-state index contributed by atoms with van der Waals surface area (Å²) in [6, 6.07) is -5.22. The molecule has 37 nitrogen and oxygen atoms in total. The first-order valence-electron chi connectivity index (χ1n) is 27.2. The number of carbonyl (C=O) groups excluding carboxylic acids is 3. The van der Waals surface area contributed by atoms with Crippen LogP contribution in [0.5, 0.6) is 0 Å². The van der Waals surface area contributed by atoms with Gasteiger partial charge in [-0.1, -0.05) is 0 Å². The zero-order valence-corrected chi connectivity index (χ0v) is 46.5. The van der Waals surface area contributed by atoms with E-state index in [2.05, 4.69) is 16.0 Å². The normalized spacial score (nSPS) is 45.9. The lowest BCUT2D eigenvalue weighted by molar-refractivity contribution is -0.398. The lowest BCUT2D eigenvalue weighted by Gasteiger charge is -2.51. The molecule has 6 rings (SSSR count). The number of nitrogens with one attached hydrogen (secondary N) is 3. The first kappa shape index (κ1) is 71.2. The molecular formula is C48H83N3O34. The van der Waals surface area contributed by atoms with Gasteiger partial charge < -0.3 is 170 Å². The molecule has 0 aromatic rings. The van der Waals surface area contributed by atoms with Crippen LogP contribution >= 0.6 is 0 Å². The van der Waals surface area contributed by atoms with Crippen molar-refractivity contribution in [1.82, 2.24) is 16.0 Å². The van der Waals surface area contributed by atoms with Crippen molar-refractivity contribution in [2.24, 2.45) is 0 Å². The van der Waals surface area contributed by atoms with Crippen molar-refractivity contribution >= 4 is 17.7 Å². The smallest absolute Gasteiger partial charge is 0.217 e. The number of amides is 3. The second kappa shape index (κ2) is 31.3. The van der Waals surface area contributed by atoms with E-state index in [1.165, 1.54) is 13.8 Å². The van der Waals surface area contributed by atoms with E-state index in [-0.39, 0.29) is 0 Å². The molecule has 85 heavy (non-hydrogen) atoms. The van der Waals surface area contributed by atoms with Gasteiger partial charge in [-0.2, -0.15) is 0 Å². The van der Waals surface area contributed by atoms with Crippen LogP contribution in [-0.2, 0) is 71.2 Å². The highest BCUT2D eigenvalue weighted by molar-refractivity contribution is 5.74. The molecule has 3 amide bonds. The van der Waals surface area contributed by atoms with Gasteiger partial charge in [-0.05, 0) is 13.8 Å². The molecule has 6 heterocycles. The van der Waals surface area contributed by atoms with Gasteiger partial charge in [0.15, 0.2) is 37.7 Å². The Kier molecular flexibility index (Phi) is 26.2. The van der Waals surface area contributed by atoms with E-state index < -0.39 is 266 Å². The fraction of sp³-hybridized carbons (Fsp3) is 0.938. The van der Waals surface area contributed by atoms with E-state index in [1.807, 2.05) is 0 Å². The van der Waals surface area contributed by atoms with Gasteiger partial charge in [-0.15, -0.1) is 0 Å². The standard InChI is InChI=1S/C48H83N3O34/c1-12-25(61)33(69)36(72)45(75-12)84-41-35(71)29(65)20(8-54)78-47(41)81-38(17(6-52)49-14(3)57)27(63)18(60)11-74-43-24(51-16(5)59)32(68)39(22(10-56)80-43)82-48-42(85-46-37(73)34(70)26(62)13(2)76-46)40(30(66)21(9-55)79-48)83-44-23(50-15(4)58)31(67)28(64)19(7-53)77-44/h12-13,17-48,52-56,60-73H,6-11H2,1-5H3,(H,49,57)(H,50,58)(H,51,59)/t12-,13-,17-,18+,19+,20+,21+,22+,23+,24+,25+,26+,27-,28-,29-,30-,31+,32+,33+,34+,35-,36-,37-,38+,39+,40-,41+,42+,43+,44+,45-,46-,47-,48-/m0/s1. The van der Waals surface area contributed by atoms with Crippen LogP contribution in [0.1, 0.15) is 34.6 Å². The predicted molar refractivity (Wildman–Crippen MR) is 266 cm³/mol. The minimum Gasteiger partial charge on any atom is -0.394 e. The SMILES string of the molecule is CC(=O)N[C@H]1[C@H](OC[C@@H](O)[C@H](O)[C@H](O[C@@H]2O[C@H](CO)[C@H](O)[C@H](O)[C@H]2O[C@@H]2O[C@@H](C)[C@@H](O)[C@@H](O)[C@@H]2O)[C@H](CO)NC(C)=O)O[C@H](CO)[C@@H](O[C@@H]2O[C@H](CO)[C@H](O)[C@H](O[C@H]3O[C@H](CO)[C@H](O)[C@H](O)[C@H]3NC(C)=O)[C@H]2O[C@@H]2O[C@@H](C)[C@@H](O)[C@@H](O)[C@@H]2O)[C@@H]1O. The Balaban J connectivity index is 1.28. The highest BCUT2D eigenvalue weighted by Gasteiger charge is 2.58. The van der Waals surface area contributed by atoms with Crippen LogP contribution in [0, 0.1) is 0 Å². The Hall–Kier alpha value is -2.83. The molecule has 0 spiro atoms. The largest absolute Gasteiger partial charge is 0.394 e. The highest BCUT2D eigenvalue weighted by atomic mass is 16.8. The summed E-state index contributed by atoms with van der Waals surface area (Å²) in [5.41, 5.74) is 0. The number of hydrogen-bond acceptors (Lipinski definition) is 34. The first-order valence-corrected chi connectivity index (χ1v) is 27.2. The van der Waals surface area contributed by atoms with Crippen molar-refractivity contribution in [2.45, 2.75) is 243 Å². The van der Waals surface area contributed by atoms with Crippen molar-refractivity contribution in [1.29, 1.82) is 0 Å². The maximum Gasteiger partial charge on any atom is 0.217 e. The molecule has 34 atom stereocenters. The minimum atomic E-state index is -2.35. The molecule has 0 aliphatic carbocycles. The van der Waals surface area contributed by atoms with E-state index in [9.17, 15) is 111 Å². The zero-order chi connectivity index (χ0) is 63.2. The van der Waals surface area contributed by atoms with Gasteiger partial charge in [0.1, 0.15) is 152 Å². The minimum absolute atomic E-state index is 0.801. The first-order chi connectivity index (χ1) is 40.0. The average Bonchev–Trinajstić information content (AvgIpc) is 3.20. The molecule has 22 N–H and O–H groups in total. The van der Waals surface area contributed by atoms with Gasteiger partial charge >= 0.3 is 0 Å². The molecule has 494 valence electrons. The van der Waals surface area contributed by atoms with Gasteiger partial charge in [0.05, 0.1) is 57.9 Å². The van der Waals surface area contributed by atoms with Crippen LogP contribution in [0.25, 0.3) is 0 Å². The van der Waals surface area contributed by atoms with Crippen molar-refractivity contribution in [3.05, 3.63) is 0 Å². The fourth-order valence-corrected chi connectivity index (χ4v) is 10.6. The quantitative estimate of drug-likeness (QED) is 0.0427. The van der Waals surface area contributed by atoms with Gasteiger partial charge in [0.25, 0.3) is 0 Å². The van der Waals surface area contributed by atoms with Crippen molar-refractivity contribution in [2.75, 3.05) is 39.6 Å². The Morgan fingerprint density at radius 3 is 1.35 bits per heavy atom. The van der Waals surface area contributed by atoms with Crippen LogP contribution in [0.2, 0.25) is 0 Å². The second-order valence-corrected chi connectivity index (χ2v) is 21.5. The summed E-state index contributed by atoms with van der Waals surface area (Å²) in [6.07, 6.45) is -59.3. The third-order valence-corrected chi connectivity index (χ3v) is 15.3. The van der Waals surface area contributed by atoms with Crippen LogP contribution in [0.4, 0.5) is 0 Å². The number of hydrogen-bond donors (Lipinski definition) is 22. The van der Waals surface area contributed by atoms with E-state index >= 15 is 0 Å². The molecule has 0 unspecified atom stereocenters. The van der Waals surface area contributed by atoms with Gasteiger partial charge in [-0.25, -0.2) is 0 Å². The van der Waals surface area contributed by atoms with E-state index in [1.54, 1.807) is 0 Å². The van der Waals surface area contributed by atoms with Crippen LogP contribution < -0.4 is 16.0 Å². The molecule has 0 aromatic carbocycles. The Morgan fingerprint density at radius 2 is 0.859 bits per heavy atom. The third kappa shape index (κ3) is 16.4. The Labute approximate surface area is 483 Å². The number of rotatable bonds is 24. The summed E-state index contributed by atoms with van der Waals surface area (Å²) in [4.78, 5) is 37.6. The van der Waals surface area contributed by atoms with Crippen molar-refractivity contribution in [3.63, 3.8) is 0 Å². The average molecular weight is 1250 g/mol. The molecule has 6 aliphatic rings. The molecule has 6 aliphatic heterocycles. The summed E-state index contributed by atoms with van der Waals surface area (Å²) in [6.45, 7) is -0.699.